The van der Waals surface area contributed by atoms with Crippen LogP contribution in [0.1, 0.15) is 19.3 Å². The molecule has 0 amide bonds. The third-order valence-corrected chi connectivity index (χ3v) is 2.58. The Morgan fingerprint density at radius 3 is 2.33 bits per heavy atom. The highest BCUT2D eigenvalue weighted by Crippen LogP contribution is 2.07. The van der Waals surface area contributed by atoms with Crippen molar-refractivity contribution in [2.75, 3.05) is 39.8 Å². The SMILES string of the molecule is C=CC[N+](C)(CCCO)CCCCN.[Cl-]. The van der Waals surface area contributed by atoms with Crippen LogP contribution in [0.2, 0.25) is 0 Å². The van der Waals surface area contributed by atoms with E-state index in [1.807, 2.05) is 6.08 Å². The van der Waals surface area contributed by atoms with Gasteiger partial charge in [-0.1, -0.05) is 6.58 Å². The van der Waals surface area contributed by atoms with Gasteiger partial charge in [-0.05, 0) is 25.5 Å². The molecule has 0 saturated heterocycles. The lowest BCUT2D eigenvalue weighted by Gasteiger charge is -2.33. The van der Waals surface area contributed by atoms with Gasteiger partial charge in [0.05, 0.1) is 26.7 Å². The Bertz CT molecular complexity index is 156. The van der Waals surface area contributed by atoms with Crippen molar-refractivity contribution >= 4 is 0 Å². The summed E-state index contributed by atoms with van der Waals surface area (Å²) in [5.41, 5.74) is 5.46. The van der Waals surface area contributed by atoms with Crippen molar-refractivity contribution < 1.29 is 22.0 Å². The van der Waals surface area contributed by atoms with Crippen LogP contribution in [0.25, 0.3) is 0 Å². The molecule has 0 spiro atoms. The lowest BCUT2D eigenvalue weighted by Crippen LogP contribution is -3.00. The van der Waals surface area contributed by atoms with Crippen LogP contribution < -0.4 is 18.1 Å². The van der Waals surface area contributed by atoms with E-state index in [1.165, 1.54) is 0 Å². The van der Waals surface area contributed by atoms with Crippen LogP contribution in [0.15, 0.2) is 12.7 Å². The molecule has 3 nitrogen and oxygen atoms in total. The number of hydrogen-bond acceptors (Lipinski definition) is 2. The smallest absolute Gasteiger partial charge is 0.0969 e. The number of nitrogens with zero attached hydrogens (tertiary/aromatic N) is 1. The number of nitrogens with two attached hydrogens (primary N) is 1. The van der Waals surface area contributed by atoms with Crippen molar-refractivity contribution in [2.24, 2.45) is 5.73 Å². The number of aliphatic hydroxyl groups is 1. The summed E-state index contributed by atoms with van der Waals surface area (Å²) in [7, 11) is 2.22. The van der Waals surface area contributed by atoms with Crippen LogP contribution in [0, 0.1) is 0 Å². The van der Waals surface area contributed by atoms with E-state index in [0.29, 0.717) is 0 Å². The predicted octanol–water partition coefficient (Wildman–Crippen LogP) is -2.26. The molecule has 92 valence electrons. The quantitative estimate of drug-likeness (QED) is 0.270. The maximum Gasteiger partial charge on any atom is 0.0969 e. The number of likely N-dealkylation sites (N-methyl/N-ethyl adjacent to an activating group) is 1. The molecular weight excluding hydrogens is 212 g/mol. The van der Waals surface area contributed by atoms with E-state index in [2.05, 4.69) is 13.6 Å². The summed E-state index contributed by atoms with van der Waals surface area (Å²) in [6.45, 7) is 7.96. The molecule has 0 fully saturated rings. The van der Waals surface area contributed by atoms with Crippen LogP contribution in [0.5, 0.6) is 0 Å². The van der Waals surface area contributed by atoms with Gasteiger partial charge in [-0.2, -0.15) is 0 Å². The molecule has 0 aromatic heterocycles. The van der Waals surface area contributed by atoms with Crippen molar-refractivity contribution in [2.45, 2.75) is 19.3 Å². The molecule has 0 aromatic rings. The summed E-state index contributed by atoms with van der Waals surface area (Å²) >= 11 is 0. The molecule has 0 saturated carbocycles. The van der Waals surface area contributed by atoms with Crippen LogP contribution in [-0.4, -0.2) is 49.4 Å². The molecule has 0 aliphatic rings. The van der Waals surface area contributed by atoms with E-state index in [0.717, 1.165) is 49.9 Å². The lowest BCUT2D eigenvalue weighted by atomic mass is 10.2. The van der Waals surface area contributed by atoms with Gasteiger partial charge in [-0.25, -0.2) is 0 Å². The maximum atomic E-state index is 8.81. The highest BCUT2D eigenvalue weighted by Gasteiger charge is 2.18. The standard InChI is InChI=1S/C11H25N2O.ClH/c1-3-8-13(2,10-6-11-14)9-5-4-7-12;/h3,14H,1,4-12H2,2H3;1H/q+1;/p-1. The molecule has 0 bridgehead atoms. The summed E-state index contributed by atoms with van der Waals surface area (Å²) < 4.78 is 0.976. The van der Waals surface area contributed by atoms with Crippen LogP contribution in [-0.2, 0) is 0 Å². The fraction of sp³-hybridized carbons (Fsp3) is 0.818. The molecule has 0 rings (SSSR count). The Hall–Kier alpha value is -0.0900. The molecule has 1 unspecified atom stereocenters. The van der Waals surface area contributed by atoms with E-state index < -0.39 is 0 Å². The van der Waals surface area contributed by atoms with Gasteiger partial charge in [0.25, 0.3) is 0 Å². The van der Waals surface area contributed by atoms with E-state index in [1.54, 1.807) is 0 Å². The summed E-state index contributed by atoms with van der Waals surface area (Å²) in [4.78, 5) is 0. The Kier molecular flexibility index (Phi) is 12.0. The molecule has 0 aliphatic carbocycles. The van der Waals surface area contributed by atoms with Crippen LogP contribution in [0.3, 0.4) is 0 Å². The molecular formula is C11H25ClN2O. The monoisotopic (exact) mass is 236 g/mol. The van der Waals surface area contributed by atoms with Gasteiger partial charge >= 0.3 is 0 Å². The minimum Gasteiger partial charge on any atom is -1.00 e. The van der Waals surface area contributed by atoms with Crippen molar-refractivity contribution in [3.63, 3.8) is 0 Å². The van der Waals surface area contributed by atoms with Gasteiger partial charge in [-0.3, -0.25) is 0 Å². The Labute approximate surface area is 100.0 Å². The normalized spacial score (nSPS) is 14.1. The molecule has 0 aliphatic heterocycles. The number of aliphatic hydroxyl groups excluding tert-OH is 1. The Balaban J connectivity index is 0. The van der Waals surface area contributed by atoms with Gasteiger partial charge < -0.3 is 27.7 Å². The van der Waals surface area contributed by atoms with E-state index in [9.17, 15) is 0 Å². The first-order chi connectivity index (χ1) is 6.68. The first-order valence-electron chi connectivity index (χ1n) is 5.44. The topological polar surface area (TPSA) is 46.2 Å². The van der Waals surface area contributed by atoms with Gasteiger partial charge in [-0.15, -0.1) is 0 Å². The first-order valence-corrected chi connectivity index (χ1v) is 5.44. The molecule has 3 N–H and O–H groups in total. The number of rotatable bonds is 9. The fourth-order valence-electron chi connectivity index (χ4n) is 1.70. The summed E-state index contributed by atoms with van der Waals surface area (Å²) in [5.74, 6) is 0. The average Bonchev–Trinajstić information content (AvgIpc) is 2.16. The van der Waals surface area contributed by atoms with Gasteiger partial charge in [0.1, 0.15) is 0 Å². The second kappa shape index (κ2) is 10.4. The summed E-state index contributed by atoms with van der Waals surface area (Å²) in [6, 6.07) is 0. The second-order valence-corrected chi connectivity index (χ2v) is 4.11. The number of quaternary nitrogens is 1. The van der Waals surface area contributed by atoms with Gasteiger partial charge in [0.2, 0.25) is 0 Å². The fourth-order valence-corrected chi connectivity index (χ4v) is 1.70. The summed E-state index contributed by atoms with van der Waals surface area (Å²) in [5, 5.41) is 8.81. The third-order valence-electron chi connectivity index (χ3n) is 2.58. The molecule has 0 aromatic carbocycles. The third kappa shape index (κ3) is 8.88. The first kappa shape index (κ1) is 17.3. The highest BCUT2D eigenvalue weighted by molar-refractivity contribution is 4.65. The van der Waals surface area contributed by atoms with Crippen molar-refractivity contribution in [3.8, 4) is 0 Å². The van der Waals surface area contributed by atoms with Crippen molar-refractivity contribution in [3.05, 3.63) is 12.7 Å². The largest absolute Gasteiger partial charge is 1.00 e. The van der Waals surface area contributed by atoms with Crippen molar-refractivity contribution in [1.82, 2.24) is 0 Å². The number of halogens is 1. The minimum atomic E-state index is 0. The highest BCUT2D eigenvalue weighted by atomic mass is 35.5. The van der Waals surface area contributed by atoms with E-state index in [4.69, 9.17) is 10.8 Å². The zero-order valence-electron chi connectivity index (χ0n) is 9.79. The zero-order chi connectivity index (χ0) is 10.9. The average molecular weight is 237 g/mol. The zero-order valence-corrected chi connectivity index (χ0v) is 10.5. The predicted molar refractivity (Wildman–Crippen MR) is 61.0 cm³/mol. The molecule has 15 heavy (non-hydrogen) atoms. The molecule has 1 atom stereocenters. The Morgan fingerprint density at radius 2 is 1.87 bits per heavy atom. The second-order valence-electron chi connectivity index (χ2n) is 4.11. The Morgan fingerprint density at radius 1 is 1.27 bits per heavy atom. The molecule has 0 radical (unpaired) electrons. The van der Waals surface area contributed by atoms with Crippen molar-refractivity contribution in [1.29, 1.82) is 0 Å². The van der Waals surface area contributed by atoms with Gasteiger partial charge in [0.15, 0.2) is 0 Å². The van der Waals surface area contributed by atoms with Gasteiger partial charge in [0, 0.05) is 13.0 Å². The minimum absolute atomic E-state index is 0. The van der Waals surface area contributed by atoms with E-state index >= 15 is 0 Å². The van der Waals surface area contributed by atoms with Crippen LogP contribution in [0.4, 0.5) is 0 Å². The molecule has 4 heteroatoms. The maximum absolute atomic E-state index is 8.81. The number of hydrogen-bond donors (Lipinski definition) is 2. The molecule has 0 heterocycles. The summed E-state index contributed by atoms with van der Waals surface area (Å²) in [6.07, 6.45) is 5.07. The lowest BCUT2D eigenvalue weighted by molar-refractivity contribution is -0.904. The van der Waals surface area contributed by atoms with Crippen LogP contribution >= 0.6 is 0 Å². The van der Waals surface area contributed by atoms with E-state index in [-0.39, 0.29) is 19.0 Å². The number of unbranched alkanes of at least 4 members (excludes halogenated alkanes) is 1.